The van der Waals surface area contributed by atoms with Gasteiger partial charge in [0.05, 0.1) is 0 Å². The molecule has 0 aromatic heterocycles. The lowest BCUT2D eigenvalue weighted by molar-refractivity contribution is 0.391. The van der Waals surface area contributed by atoms with Crippen molar-refractivity contribution >= 4 is 15.5 Å². The molecule has 0 unspecified atom stereocenters. The van der Waals surface area contributed by atoms with Crippen LogP contribution in [-0.2, 0) is 0 Å². The summed E-state index contributed by atoms with van der Waals surface area (Å²) in [7, 11) is -3.17. The molecule has 166 valence electrons. The lowest BCUT2D eigenvalue weighted by Gasteiger charge is -2.63. The van der Waals surface area contributed by atoms with Gasteiger partial charge in [-0.15, -0.1) is 0 Å². The molecule has 0 bridgehead atoms. The molecule has 0 saturated heterocycles. The Kier molecular flexibility index (Phi) is 11.5. The highest BCUT2D eigenvalue weighted by Crippen LogP contribution is 2.47. The van der Waals surface area contributed by atoms with E-state index in [1.165, 1.54) is 75.5 Å². The second kappa shape index (κ2) is 12.5. The molecule has 1 aliphatic heterocycles. The minimum Gasteiger partial charge on any atom is -0.400 e. The van der Waals surface area contributed by atoms with E-state index in [9.17, 15) is 0 Å². The summed E-state index contributed by atoms with van der Waals surface area (Å²) in [4.78, 5) is 0. The molecular weight excluding hydrogens is 372 g/mol. The summed E-state index contributed by atoms with van der Waals surface area (Å²) in [6.07, 6.45) is 16.3. The van der Waals surface area contributed by atoms with E-state index in [0.29, 0.717) is 12.1 Å². The van der Waals surface area contributed by atoms with Crippen molar-refractivity contribution in [1.82, 2.24) is 9.13 Å². The number of rotatable bonds is 14. The van der Waals surface area contributed by atoms with Crippen molar-refractivity contribution in [2.45, 2.75) is 143 Å². The van der Waals surface area contributed by atoms with Crippen LogP contribution in [0.1, 0.15) is 107 Å². The summed E-state index contributed by atoms with van der Waals surface area (Å²) in [5, 5.41) is 0. The molecule has 0 spiro atoms. The van der Waals surface area contributed by atoms with E-state index >= 15 is 0 Å². The normalized spacial score (nSPS) is 18.5. The van der Waals surface area contributed by atoms with Crippen LogP contribution < -0.4 is 0 Å². The van der Waals surface area contributed by atoms with Crippen LogP contribution in [0.15, 0.2) is 12.4 Å². The molecule has 2 nitrogen and oxygen atoms in total. The lowest BCUT2D eigenvalue weighted by atomic mass is 10.4. The minimum atomic E-state index is -1.59. The zero-order valence-electron chi connectivity index (χ0n) is 20.7. The highest BCUT2D eigenvalue weighted by Gasteiger charge is 2.61. The predicted molar refractivity (Wildman–Crippen MR) is 133 cm³/mol. The van der Waals surface area contributed by atoms with E-state index in [1.807, 2.05) is 0 Å². The summed E-state index contributed by atoms with van der Waals surface area (Å²) in [6.45, 7) is 19.5. The van der Waals surface area contributed by atoms with Crippen molar-refractivity contribution in [3.05, 3.63) is 12.4 Å². The molecule has 0 aliphatic carbocycles. The Hall–Kier alpha value is -0.226. The third kappa shape index (κ3) is 5.47. The maximum atomic E-state index is 3.01. The van der Waals surface area contributed by atoms with Crippen LogP contribution in [0.5, 0.6) is 0 Å². The Bertz CT molecular complexity index is 392. The van der Waals surface area contributed by atoms with E-state index in [0.717, 1.165) is 0 Å². The fourth-order valence-electron chi connectivity index (χ4n) is 5.82. The van der Waals surface area contributed by atoms with Gasteiger partial charge in [-0.3, -0.25) is 0 Å². The Morgan fingerprint density at radius 3 is 0.964 bits per heavy atom. The predicted octanol–water partition coefficient (Wildman–Crippen LogP) is 8.06. The van der Waals surface area contributed by atoms with Crippen molar-refractivity contribution in [2.75, 3.05) is 0 Å². The average molecular weight is 425 g/mol. The van der Waals surface area contributed by atoms with E-state index in [4.69, 9.17) is 0 Å². The van der Waals surface area contributed by atoms with E-state index < -0.39 is 15.5 Å². The molecule has 1 rings (SSSR count). The Labute approximate surface area is 180 Å². The quantitative estimate of drug-likeness (QED) is 0.260. The van der Waals surface area contributed by atoms with Crippen molar-refractivity contribution in [3.8, 4) is 0 Å². The van der Waals surface area contributed by atoms with Gasteiger partial charge in [0.1, 0.15) is 0 Å². The summed E-state index contributed by atoms with van der Waals surface area (Å²) in [6, 6.07) is 7.45. The zero-order chi connectivity index (χ0) is 21.2. The summed E-state index contributed by atoms with van der Waals surface area (Å²) in [5.74, 6) is 0. The van der Waals surface area contributed by atoms with Gasteiger partial charge < -0.3 is 9.13 Å². The fourth-order valence-corrected chi connectivity index (χ4v) is 29.2. The van der Waals surface area contributed by atoms with Gasteiger partial charge in [-0.2, -0.15) is 0 Å². The third-order valence-electron chi connectivity index (χ3n) is 7.13. The van der Waals surface area contributed by atoms with Crippen LogP contribution in [0.2, 0.25) is 24.2 Å². The van der Waals surface area contributed by atoms with Gasteiger partial charge in [-0.1, -0.05) is 79.1 Å². The van der Waals surface area contributed by atoms with Crippen LogP contribution in [0.4, 0.5) is 0 Å². The van der Waals surface area contributed by atoms with Crippen molar-refractivity contribution in [2.24, 2.45) is 0 Å². The van der Waals surface area contributed by atoms with Crippen LogP contribution in [-0.4, -0.2) is 36.7 Å². The van der Waals surface area contributed by atoms with Crippen LogP contribution in [0.3, 0.4) is 0 Å². The van der Waals surface area contributed by atoms with Gasteiger partial charge in [0.2, 0.25) is 0 Å². The molecule has 4 heteroatoms. The number of hydrogen-bond donors (Lipinski definition) is 0. The summed E-state index contributed by atoms with van der Waals surface area (Å²) < 4.78 is 6.02. The smallest absolute Gasteiger partial charge is 0.169 e. The molecule has 1 aliphatic rings. The topological polar surface area (TPSA) is 6.48 Å². The second-order valence-corrected chi connectivity index (χ2v) is 22.5. The first-order valence-corrected chi connectivity index (χ1v) is 18.3. The van der Waals surface area contributed by atoms with Gasteiger partial charge in [0, 0.05) is 24.5 Å². The minimum absolute atomic E-state index is 0.654. The van der Waals surface area contributed by atoms with E-state index in [-0.39, 0.29) is 0 Å². The van der Waals surface area contributed by atoms with E-state index in [1.54, 1.807) is 0 Å². The van der Waals surface area contributed by atoms with Crippen molar-refractivity contribution in [1.29, 1.82) is 0 Å². The largest absolute Gasteiger partial charge is 0.400 e. The molecule has 0 N–H and O–H groups in total. The number of hydrogen-bond acceptors (Lipinski definition) is 2. The molecule has 0 aromatic rings. The fraction of sp³-hybridized carbons (Fsp3) is 0.917. The first-order chi connectivity index (χ1) is 13.4. The molecule has 0 atom stereocenters. The van der Waals surface area contributed by atoms with Gasteiger partial charge in [0.25, 0.3) is 0 Å². The number of unbranched alkanes of at least 4 members (excludes halogenated alkanes) is 4. The molecule has 0 saturated carbocycles. The summed E-state index contributed by atoms with van der Waals surface area (Å²) >= 11 is 0. The molecule has 1 heterocycles. The Morgan fingerprint density at radius 1 is 0.536 bits per heavy atom. The molecule has 0 radical (unpaired) electrons. The van der Waals surface area contributed by atoms with E-state index in [2.05, 4.69) is 76.9 Å². The SMILES string of the molecule is CCCC[Si]1(CCCC)N(C(C)C)C=CN(C(C)C)[Si]1(CCCC)CCCC. The van der Waals surface area contributed by atoms with Gasteiger partial charge >= 0.3 is 0 Å². The highest BCUT2D eigenvalue weighted by molar-refractivity contribution is 7.40. The van der Waals surface area contributed by atoms with Crippen molar-refractivity contribution in [3.63, 3.8) is 0 Å². The lowest BCUT2D eigenvalue weighted by Crippen LogP contribution is -2.80. The molecule has 0 fully saturated rings. The van der Waals surface area contributed by atoms with Gasteiger partial charge in [-0.25, -0.2) is 0 Å². The molecule has 0 aromatic carbocycles. The third-order valence-corrected chi connectivity index (χ3v) is 26.6. The molecule has 28 heavy (non-hydrogen) atoms. The first kappa shape index (κ1) is 25.8. The number of nitrogens with zero attached hydrogens (tertiary/aromatic N) is 2. The van der Waals surface area contributed by atoms with Crippen LogP contribution in [0, 0.1) is 0 Å². The second-order valence-electron chi connectivity index (χ2n) is 9.78. The summed E-state index contributed by atoms with van der Waals surface area (Å²) in [5.41, 5.74) is 0. The van der Waals surface area contributed by atoms with Crippen molar-refractivity contribution < 1.29 is 0 Å². The van der Waals surface area contributed by atoms with Crippen LogP contribution in [0.25, 0.3) is 0 Å². The monoisotopic (exact) mass is 424 g/mol. The maximum absolute atomic E-state index is 3.01. The van der Waals surface area contributed by atoms with Gasteiger partial charge in [-0.05, 0) is 51.9 Å². The zero-order valence-corrected chi connectivity index (χ0v) is 22.7. The molecular formula is C24H52N2Si2. The standard InChI is InChI=1S/C24H52N2Si2/c1-9-13-19-27(20-14-10-2)25(23(5)6)17-18-26(24(7)8)28(27,21-15-11-3)22-16-12-4/h17-18,23-24H,9-16,19-22H2,1-8H3. The van der Waals surface area contributed by atoms with Crippen LogP contribution >= 0.6 is 0 Å². The average Bonchev–Trinajstić information content (AvgIpc) is 2.67. The highest BCUT2D eigenvalue weighted by atomic mass is 29.3. The van der Waals surface area contributed by atoms with Gasteiger partial charge in [0.15, 0.2) is 15.5 Å². The Morgan fingerprint density at radius 2 is 0.786 bits per heavy atom. The maximum Gasteiger partial charge on any atom is 0.169 e. The first-order valence-electron chi connectivity index (χ1n) is 12.6. The molecule has 0 amide bonds. The Balaban J connectivity index is 3.68.